The number of amidine groups is 1. The van der Waals surface area contributed by atoms with Crippen LogP contribution in [0.15, 0.2) is 40.5 Å². The molecule has 108 valence electrons. The minimum atomic E-state index is 0.576. The molecular weight excluding hydrogens is 270 g/mol. The summed E-state index contributed by atoms with van der Waals surface area (Å²) < 4.78 is 5.66. The van der Waals surface area contributed by atoms with E-state index in [-0.39, 0.29) is 0 Å². The van der Waals surface area contributed by atoms with Crippen molar-refractivity contribution in [2.24, 2.45) is 15.9 Å². The monoisotopic (exact) mass is 291 g/mol. The zero-order chi connectivity index (χ0) is 14.0. The van der Waals surface area contributed by atoms with Crippen LogP contribution in [-0.2, 0) is 0 Å². The van der Waals surface area contributed by atoms with Gasteiger partial charge in [0.1, 0.15) is 5.75 Å². The van der Waals surface area contributed by atoms with Crippen molar-refractivity contribution < 1.29 is 4.74 Å². The minimum absolute atomic E-state index is 0.576. The summed E-state index contributed by atoms with van der Waals surface area (Å²) in [4.78, 5) is 0. The molecule has 0 spiro atoms. The van der Waals surface area contributed by atoms with Gasteiger partial charge in [-0.3, -0.25) is 0 Å². The molecule has 0 unspecified atom stereocenters. The van der Waals surface area contributed by atoms with Gasteiger partial charge >= 0.3 is 0 Å². The Morgan fingerprint density at radius 3 is 2.60 bits per heavy atom. The number of para-hydroxylation sites is 1. The SMILES string of the molecule is NC1=NN=C(CCCCCCOc2ccccc2)CS1. The van der Waals surface area contributed by atoms with Crippen LogP contribution in [0.2, 0.25) is 0 Å². The first-order valence-electron chi connectivity index (χ1n) is 7.04. The summed E-state index contributed by atoms with van der Waals surface area (Å²) in [5.74, 6) is 1.85. The van der Waals surface area contributed by atoms with Crippen LogP contribution < -0.4 is 10.5 Å². The van der Waals surface area contributed by atoms with Gasteiger partial charge in [-0.25, -0.2) is 0 Å². The Kier molecular flexibility index (Phi) is 6.44. The van der Waals surface area contributed by atoms with Crippen LogP contribution in [0.4, 0.5) is 0 Å². The summed E-state index contributed by atoms with van der Waals surface area (Å²) in [5.41, 5.74) is 6.70. The van der Waals surface area contributed by atoms with Gasteiger partial charge in [0.15, 0.2) is 5.17 Å². The summed E-state index contributed by atoms with van der Waals surface area (Å²) in [6, 6.07) is 9.97. The van der Waals surface area contributed by atoms with E-state index >= 15 is 0 Å². The Morgan fingerprint density at radius 1 is 1.05 bits per heavy atom. The smallest absolute Gasteiger partial charge is 0.180 e. The second kappa shape index (κ2) is 8.64. The molecule has 0 amide bonds. The number of hydrogen-bond donors (Lipinski definition) is 1. The predicted molar refractivity (Wildman–Crippen MR) is 86.5 cm³/mol. The lowest BCUT2D eigenvalue weighted by Crippen LogP contribution is -2.15. The summed E-state index contributed by atoms with van der Waals surface area (Å²) in [7, 11) is 0. The van der Waals surface area contributed by atoms with Gasteiger partial charge in [-0.15, -0.1) is 5.10 Å². The number of nitrogens with two attached hydrogens (primary N) is 1. The van der Waals surface area contributed by atoms with Crippen LogP contribution >= 0.6 is 11.8 Å². The van der Waals surface area contributed by atoms with Crippen LogP contribution in [0.25, 0.3) is 0 Å². The fourth-order valence-corrected chi connectivity index (χ4v) is 2.56. The van der Waals surface area contributed by atoms with Gasteiger partial charge < -0.3 is 10.5 Å². The van der Waals surface area contributed by atoms with Crippen LogP contribution in [0, 0.1) is 0 Å². The Hall–Kier alpha value is -1.49. The van der Waals surface area contributed by atoms with Crippen molar-refractivity contribution in [3.8, 4) is 5.75 Å². The van der Waals surface area contributed by atoms with Crippen molar-refractivity contribution in [2.45, 2.75) is 32.1 Å². The van der Waals surface area contributed by atoms with Gasteiger partial charge in [-0.1, -0.05) is 42.8 Å². The molecule has 1 heterocycles. The van der Waals surface area contributed by atoms with Crippen LogP contribution in [-0.4, -0.2) is 23.2 Å². The maximum Gasteiger partial charge on any atom is 0.180 e. The third kappa shape index (κ3) is 5.65. The molecule has 1 aromatic rings. The van der Waals surface area contributed by atoms with Crippen molar-refractivity contribution in [3.63, 3.8) is 0 Å². The van der Waals surface area contributed by atoms with Gasteiger partial charge in [0.25, 0.3) is 0 Å². The van der Waals surface area contributed by atoms with E-state index in [4.69, 9.17) is 10.5 Å². The second-order valence-corrected chi connectivity index (χ2v) is 5.71. The zero-order valence-electron chi connectivity index (χ0n) is 11.6. The molecule has 2 N–H and O–H groups in total. The van der Waals surface area contributed by atoms with E-state index in [1.54, 1.807) is 11.8 Å². The lowest BCUT2D eigenvalue weighted by Gasteiger charge is -2.09. The molecule has 4 nitrogen and oxygen atoms in total. The normalized spacial score (nSPS) is 14.6. The Bertz CT molecular complexity index is 459. The number of thioether (sulfide) groups is 1. The number of unbranched alkanes of at least 4 members (excludes halogenated alkanes) is 3. The van der Waals surface area contributed by atoms with Crippen LogP contribution in [0.5, 0.6) is 5.75 Å². The average molecular weight is 291 g/mol. The molecule has 2 rings (SSSR count). The van der Waals surface area contributed by atoms with Gasteiger partial charge in [-0.2, -0.15) is 5.10 Å². The van der Waals surface area contributed by atoms with Crippen LogP contribution in [0.1, 0.15) is 32.1 Å². The van der Waals surface area contributed by atoms with Crippen molar-refractivity contribution in [1.29, 1.82) is 0 Å². The van der Waals surface area contributed by atoms with Gasteiger partial charge in [0, 0.05) is 5.75 Å². The molecule has 1 aromatic carbocycles. The highest BCUT2D eigenvalue weighted by Gasteiger charge is 2.07. The molecule has 1 aliphatic heterocycles. The highest BCUT2D eigenvalue weighted by molar-refractivity contribution is 8.14. The van der Waals surface area contributed by atoms with E-state index in [0.29, 0.717) is 5.17 Å². The van der Waals surface area contributed by atoms with Gasteiger partial charge in [0.2, 0.25) is 0 Å². The van der Waals surface area contributed by atoms with E-state index < -0.39 is 0 Å². The first-order valence-corrected chi connectivity index (χ1v) is 8.02. The van der Waals surface area contributed by atoms with Gasteiger partial charge in [-0.05, 0) is 31.4 Å². The molecule has 0 aliphatic carbocycles. The van der Waals surface area contributed by atoms with Crippen LogP contribution in [0.3, 0.4) is 0 Å². The van der Waals surface area contributed by atoms with E-state index in [0.717, 1.165) is 36.7 Å². The first-order chi connectivity index (χ1) is 9.84. The quantitative estimate of drug-likeness (QED) is 0.746. The molecular formula is C15H21N3OS. The Labute approximate surface area is 124 Å². The fourth-order valence-electron chi connectivity index (χ4n) is 1.95. The summed E-state index contributed by atoms with van der Waals surface area (Å²) in [6.45, 7) is 0.793. The molecule has 0 radical (unpaired) electrons. The van der Waals surface area contributed by atoms with Crippen molar-refractivity contribution in [3.05, 3.63) is 30.3 Å². The minimum Gasteiger partial charge on any atom is -0.494 e. The van der Waals surface area contributed by atoms with E-state index in [2.05, 4.69) is 10.2 Å². The van der Waals surface area contributed by atoms with Crippen molar-refractivity contribution >= 4 is 22.6 Å². The number of rotatable bonds is 8. The third-order valence-corrected chi connectivity index (χ3v) is 3.90. The van der Waals surface area contributed by atoms with E-state index in [1.165, 1.54) is 19.3 Å². The topological polar surface area (TPSA) is 60.0 Å². The molecule has 0 saturated heterocycles. The Balaban J connectivity index is 1.48. The molecule has 1 aliphatic rings. The molecule has 0 saturated carbocycles. The van der Waals surface area contributed by atoms with Crippen molar-refractivity contribution in [1.82, 2.24) is 0 Å². The summed E-state index contributed by atoms with van der Waals surface area (Å²) in [6.07, 6.45) is 5.70. The number of benzene rings is 1. The molecule has 0 bridgehead atoms. The zero-order valence-corrected chi connectivity index (χ0v) is 12.4. The number of hydrogen-bond acceptors (Lipinski definition) is 5. The first kappa shape index (κ1) is 14.9. The van der Waals surface area contributed by atoms with E-state index in [1.807, 2.05) is 30.3 Å². The molecule has 0 aromatic heterocycles. The van der Waals surface area contributed by atoms with Gasteiger partial charge in [0.05, 0.1) is 12.3 Å². The largest absolute Gasteiger partial charge is 0.494 e. The highest BCUT2D eigenvalue weighted by Crippen LogP contribution is 2.13. The lowest BCUT2D eigenvalue weighted by atomic mass is 10.1. The third-order valence-electron chi connectivity index (χ3n) is 3.05. The maximum atomic E-state index is 5.66. The highest BCUT2D eigenvalue weighted by atomic mass is 32.2. The maximum absolute atomic E-state index is 5.66. The number of nitrogens with zero attached hydrogens (tertiary/aromatic N) is 2. The van der Waals surface area contributed by atoms with E-state index in [9.17, 15) is 0 Å². The summed E-state index contributed by atoms with van der Waals surface area (Å²) >= 11 is 1.57. The second-order valence-electron chi connectivity index (χ2n) is 4.72. The summed E-state index contributed by atoms with van der Waals surface area (Å²) in [5, 5.41) is 8.59. The lowest BCUT2D eigenvalue weighted by molar-refractivity contribution is 0.305. The molecule has 20 heavy (non-hydrogen) atoms. The average Bonchev–Trinajstić information content (AvgIpc) is 2.49. The fraction of sp³-hybridized carbons (Fsp3) is 0.467. The molecule has 0 atom stereocenters. The number of ether oxygens (including phenoxy) is 1. The standard InChI is InChI=1S/C15H21N3OS/c16-15-18-17-13(12-20-15)8-4-1-2-7-11-19-14-9-5-3-6-10-14/h3,5-6,9-10H,1-2,4,7-8,11-12H2,(H2,16,18). The molecule has 0 fully saturated rings. The Morgan fingerprint density at radius 2 is 1.85 bits per heavy atom. The predicted octanol–water partition coefficient (Wildman–Crippen LogP) is 3.43. The van der Waals surface area contributed by atoms with Crippen molar-refractivity contribution in [2.75, 3.05) is 12.4 Å². The molecule has 5 heteroatoms.